The number of phenols is 2. The van der Waals surface area contributed by atoms with Crippen LogP contribution < -0.4 is 4.74 Å². The number of hydrogen-bond acceptors (Lipinski definition) is 5. The largest absolute Gasteiger partial charge is 0.504 e. The molecule has 0 saturated carbocycles. The summed E-state index contributed by atoms with van der Waals surface area (Å²) in [7, 11) is 0. The SMILES string of the molecule is O=C(OCc1ccccc1)c1cc(O)c(O)c(OCc2ccccc2)c1. The molecule has 0 bridgehead atoms. The van der Waals surface area contributed by atoms with Crippen LogP contribution >= 0.6 is 0 Å². The molecular weight excluding hydrogens is 332 g/mol. The minimum atomic E-state index is -0.617. The van der Waals surface area contributed by atoms with Crippen LogP contribution in [0.25, 0.3) is 0 Å². The minimum absolute atomic E-state index is 0.0144. The lowest BCUT2D eigenvalue weighted by molar-refractivity contribution is 0.0471. The first-order chi connectivity index (χ1) is 12.6. The molecule has 0 aliphatic carbocycles. The van der Waals surface area contributed by atoms with Crippen molar-refractivity contribution in [1.29, 1.82) is 0 Å². The molecule has 0 aliphatic heterocycles. The van der Waals surface area contributed by atoms with Crippen LogP contribution in [0, 0.1) is 0 Å². The van der Waals surface area contributed by atoms with E-state index in [0.29, 0.717) is 0 Å². The Morgan fingerprint density at radius 3 is 2.00 bits per heavy atom. The summed E-state index contributed by atoms with van der Waals surface area (Å²) in [5.41, 5.74) is 1.84. The van der Waals surface area contributed by atoms with Gasteiger partial charge in [-0.3, -0.25) is 0 Å². The molecule has 5 heteroatoms. The molecule has 0 aliphatic rings. The third-order valence-electron chi connectivity index (χ3n) is 3.74. The molecule has 0 spiro atoms. The van der Waals surface area contributed by atoms with Gasteiger partial charge in [-0.1, -0.05) is 60.7 Å². The van der Waals surface area contributed by atoms with Crippen LogP contribution in [0.4, 0.5) is 0 Å². The predicted molar refractivity (Wildman–Crippen MR) is 96.1 cm³/mol. The summed E-state index contributed by atoms with van der Waals surface area (Å²) in [6, 6.07) is 21.1. The average Bonchev–Trinajstić information content (AvgIpc) is 2.68. The Morgan fingerprint density at radius 1 is 0.808 bits per heavy atom. The lowest BCUT2D eigenvalue weighted by atomic mass is 10.1. The Bertz CT molecular complexity index is 876. The van der Waals surface area contributed by atoms with Gasteiger partial charge in [0.15, 0.2) is 11.5 Å². The van der Waals surface area contributed by atoms with Crippen molar-refractivity contribution < 1.29 is 24.5 Å². The second-order valence-electron chi connectivity index (χ2n) is 5.68. The number of benzene rings is 3. The zero-order chi connectivity index (χ0) is 18.4. The minimum Gasteiger partial charge on any atom is -0.504 e. The van der Waals surface area contributed by atoms with Crippen LogP contribution in [-0.2, 0) is 18.0 Å². The van der Waals surface area contributed by atoms with E-state index < -0.39 is 17.5 Å². The van der Waals surface area contributed by atoms with Crippen molar-refractivity contribution >= 4 is 5.97 Å². The van der Waals surface area contributed by atoms with Gasteiger partial charge in [0.25, 0.3) is 0 Å². The molecular formula is C21H18O5. The van der Waals surface area contributed by atoms with Gasteiger partial charge in [0.1, 0.15) is 13.2 Å². The molecule has 3 aromatic carbocycles. The summed E-state index contributed by atoms with van der Waals surface area (Å²) in [6.07, 6.45) is 0. The molecule has 3 rings (SSSR count). The van der Waals surface area contributed by atoms with Crippen molar-refractivity contribution in [1.82, 2.24) is 0 Å². The van der Waals surface area contributed by atoms with Gasteiger partial charge in [-0.2, -0.15) is 0 Å². The van der Waals surface area contributed by atoms with E-state index in [9.17, 15) is 15.0 Å². The molecule has 0 atom stereocenters. The van der Waals surface area contributed by atoms with E-state index in [-0.39, 0.29) is 24.5 Å². The van der Waals surface area contributed by atoms with Gasteiger partial charge in [-0.25, -0.2) is 4.79 Å². The number of rotatable bonds is 6. The quantitative estimate of drug-likeness (QED) is 0.518. The summed E-state index contributed by atoms with van der Waals surface area (Å²) < 4.78 is 10.8. The molecule has 0 radical (unpaired) electrons. The second kappa shape index (κ2) is 8.07. The monoisotopic (exact) mass is 350 g/mol. The highest BCUT2D eigenvalue weighted by atomic mass is 16.5. The standard InChI is InChI=1S/C21H18O5/c22-18-11-17(21(24)26-14-16-9-5-2-6-10-16)12-19(20(18)23)25-13-15-7-3-1-4-8-15/h1-12,22-23H,13-14H2. The average molecular weight is 350 g/mol. The molecule has 0 saturated heterocycles. The zero-order valence-electron chi connectivity index (χ0n) is 14.0. The molecule has 0 amide bonds. The zero-order valence-corrected chi connectivity index (χ0v) is 14.0. The fraction of sp³-hybridized carbons (Fsp3) is 0.0952. The molecule has 0 fully saturated rings. The first-order valence-corrected chi connectivity index (χ1v) is 8.07. The van der Waals surface area contributed by atoms with Crippen LogP contribution in [0.2, 0.25) is 0 Å². The lowest BCUT2D eigenvalue weighted by Gasteiger charge is -2.11. The summed E-state index contributed by atoms with van der Waals surface area (Å²) >= 11 is 0. The van der Waals surface area contributed by atoms with E-state index in [2.05, 4.69) is 0 Å². The second-order valence-corrected chi connectivity index (χ2v) is 5.68. The number of carbonyl (C=O) groups is 1. The molecule has 26 heavy (non-hydrogen) atoms. The molecule has 5 nitrogen and oxygen atoms in total. The van der Waals surface area contributed by atoms with E-state index in [0.717, 1.165) is 17.2 Å². The van der Waals surface area contributed by atoms with Gasteiger partial charge in [0.2, 0.25) is 5.75 Å². The van der Waals surface area contributed by atoms with Crippen molar-refractivity contribution in [2.75, 3.05) is 0 Å². The third-order valence-corrected chi connectivity index (χ3v) is 3.74. The Kier molecular flexibility index (Phi) is 5.39. The number of carbonyl (C=O) groups excluding carboxylic acids is 1. The van der Waals surface area contributed by atoms with Crippen molar-refractivity contribution in [3.63, 3.8) is 0 Å². The Labute approximate surface area is 151 Å². The number of hydrogen-bond donors (Lipinski definition) is 2. The van der Waals surface area contributed by atoms with Crippen molar-refractivity contribution in [2.45, 2.75) is 13.2 Å². The number of ether oxygens (including phenoxy) is 2. The highest BCUT2D eigenvalue weighted by molar-refractivity contribution is 5.91. The molecule has 3 aromatic rings. The highest BCUT2D eigenvalue weighted by Gasteiger charge is 2.16. The number of aromatic hydroxyl groups is 2. The van der Waals surface area contributed by atoms with Crippen LogP contribution in [-0.4, -0.2) is 16.2 Å². The first-order valence-electron chi connectivity index (χ1n) is 8.07. The molecule has 0 unspecified atom stereocenters. The van der Waals surface area contributed by atoms with E-state index in [4.69, 9.17) is 9.47 Å². The highest BCUT2D eigenvalue weighted by Crippen LogP contribution is 2.37. The van der Waals surface area contributed by atoms with E-state index in [1.165, 1.54) is 6.07 Å². The molecule has 2 N–H and O–H groups in total. The van der Waals surface area contributed by atoms with Gasteiger partial charge in [0.05, 0.1) is 5.56 Å². The Morgan fingerprint density at radius 2 is 1.38 bits per heavy atom. The fourth-order valence-electron chi connectivity index (χ4n) is 2.36. The maximum atomic E-state index is 12.2. The summed E-state index contributed by atoms with van der Waals surface area (Å²) in [5, 5.41) is 19.8. The first kappa shape index (κ1) is 17.4. The van der Waals surface area contributed by atoms with E-state index >= 15 is 0 Å². The van der Waals surface area contributed by atoms with Gasteiger partial charge in [-0.15, -0.1) is 0 Å². The van der Waals surface area contributed by atoms with Gasteiger partial charge < -0.3 is 19.7 Å². The van der Waals surface area contributed by atoms with Gasteiger partial charge in [0, 0.05) is 0 Å². The number of phenolic OH excluding ortho intramolecular Hbond substituents is 2. The van der Waals surface area contributed by atoms with Crippen molar-refractivity contribution in [3.05, 3.63) is 89.5 Å². The predicted octanol–water partition coefficient (Wildman–Crippen LogP) is 4.03. The normalized spacial score (nSPS) is 10.3. The Hall–Kier alpha value is -3.47. The maximum Gasteiger partial charge on any atom is 0.338 e. The molecule has 0 heterocycles. The van der Waals surface area contributed by atoms with Crippen molar-refractivity contribution in [3.8, 4) is 17.2 Å². The van der Waals surface area contributed by atoms with Crippen LogP contribution in [0.1, 0.15) is 21.5 Å². The lowest BCUT2D eigenvalue weighted by Crippen LogP contribution is -2.06. The maximum absolute atomic E-state index is 12.2. The van der Waals surface area contributed by atoms with Gasteiger partial charge in [-0.05, 0) is 23.3 Å². The summed E-state index contributed by atoms with van der Waals surface area (Å²) in [6.45, 7) is 0.303. The van der Waals surface area contributed by atoms with Crippen LogP contribution in [0.5, 0.6) is 17.2 Å². The number of esters is 1. The molecule has 0 aromatic heterocycles. The topological polar surface area (TPSA) is 76.0 Å². The van der Waals surface area contributed by atoms with Gasteiger partial charge >= 0.3 is 5.97 Å². The Balaban J connectivity index is 1.71. The van der Waals surface area contributed by atoms with E-state index in [1.54, 1.807) is 0 Å². The summed E-state index contributed by atoms with van der Waals surface area (Å²) in [5.74, 6) is -1.46. The third kappa shape index (κ3) is 4.33. The summed E-state index contributed by atoms with van der Waals surface area (Å²) in [4.78, 5) is 12.2. The van der Waals surface area contributed by atoms with E-state index in [1.807, 2.05) is 60.7 Å². The fourth-order valence-corrected chi connectivity index (χ4v) is 2.36. The van der Waals surface area contributed by atoms with Crippen LogP contribution in [0.15, 0.2) is 72.8 Å². The smallest absolute Gasteiger partial charge is 0.338 e. The van der Waals surface area contributed by atoms with Crippen LogP contribution in [0.3, 0.4) is 0 Å². The van der Waals surface area contributed by atoms with Crippen molar-refractivity contribution in [2.24, 2.45) is 0 Å². The molecule has 132 valence electrons.